The fraction of sp³-hybridized carbons (Fsp3) is 0.562. The van der Waals surface area contributed by atoms with Crippen molar-refractivity contribution in [3.05, 3.63) is 35.9 Å². The van der Waals surface area contributed by atoms with E-state index in [1.807, 2.05) is 30.3 Å². The second kappa shape index (κ2) is 7.29. The molecule has 0 spiro atoms. The van der Waals surface area contributed by atoms with Gasteiger partial charge in [-0.2, -0.15) is 0 Å². The van der Waals surface area contributed by atoms with Crippen LogP contribution < -0.4 is 11.1 Å². The monoisotopic (exact) mass is 260 g/mol. The second-order valence-electron chi connectivity index (χ2n) is 5.55. The molecular weight excluding hydrogens is 236 g/mol. The summed E-state index contributed by atoms with van der Waals surface area (Å²) in [6.45, 7) is 0.793. The van der Waals surface area contributed by atoms with Crippen molar-refractivity contribution in [3.63, 3.8) is 0 Å². The fourth-order valence-electron chi connectivity index (χ4n) is 2.73. The molecule has 0 saturated heterocycles. The molecule has 0 bridgehead atoms. The van der Waals surface area contributed by atoms with Gasteiger partial charge in [-0.25, -0.2) is 0 Å². The predicted octanol–water partition coefficient (Wildman–Crippen LogP) is 2.25. The average Bonchev–Trinajstić information content (AvgIpc) is 2.47. The molecule has 1 saturated carbocycles. The first-order valence-electron chi connectivity index (χ1n) is 7.33. The molecule has 1 aliphatic carbocycles. The number of hydrogen-bond acceptors (Lipinski definition) is 2. The topological polar surface area (TPSA) is 55.1 Å². The zero-order valence-electron chi connectivity index (χ0n) is 11.5. The summed E-state index contributed by atoms with van der Waals surface area (Å²) in [4.78, 5) is 12.0. The number of nitrogens with one attached hydrogen (secondary N) is 1. The first-order chi connectivity index (χ1) is 9.25. The van der Waals surface area contributed by atoms with Crippen molar-refractivity contribution in [2.45, 2.75) is 44.6 Å². The lowest BCUT2D eigenvalue weighted by Crippen LogP contribution is -2.43. The number of nitrogens with two attached hydrogens (primary N) is 1. The Labute approximate surface area is 115 Å². The quantitative estimate of drug-likeness (QED) is 0.853. The zero-order valence-corrected chi connectivity index (χ0v) is 11.5. The summed E-state index contributed by atoms with van der Waals surface area (Å²) in [5.41, 5.74) is 7.07. The Morgan fingerprint density at radius 2 is 1.89 bits per heavy atom. The molecular formula is C16H24N2O. The molecule has 1 aliphatic rings. The van der Waals surface area contributed by atoms with E-state index < -0.39 is 6.04 Å². The molecule has 1 atom stereocenters. The maximum absolute atomic E-state index is 12.0. The molecule has 0 heterocycles. The molecule has 1 amide bonds. The smallest absolute Gasteiger partial charge is 0.237 e. The second-order valence-corrected chi connectivity index (χ2v) is 5.55. The van der Waals surface area contributed by atoms with Crippen LogP contribution in [0.4, 0.5) is 0 Å². The van der Waals surface area contributed by atoms with E-state index in [0.717, 1.165) is 12.1 Å². The van der Waals surface area contributed by atoms with Gasteiger partial charge in [-0.05, 0) is 30.7 Å². The van der Waals surface area contributed by atoms with Crippen LogP contribution in [0.3, 0.4) is 0 Å². The van der Waals surface area contributed by atoms with Gasteiger partial charge in [0.15, 0.2) is 0 Å². The third-order valence-corrected chi connectivity index (χ3v) is 3.92. The van der Waals surface area contributed by atoms with Crippen LogP contribution in [-0.2, 0) is 11.2 Å². The summed E-state index contributed by atoms with van der Waals surface area (Å²) in [5, 5.41) is 3.01. The molecule has 0 aliphatic heterocycles. The van der Waals surface area contributed by atoms with E-state index in [9.17, 15) is 4.79 Å². The fourth-order valence-corrected chi connectivity index (χ4v) is 2.73. The largest absolute Gasteiger partial charge is 0.354 e. The summed E-state index contributed by atoms with van der Waals surface area (Å²) >= 11 is 0. The van der Waals surface area contributed by atoms with Crippen LogP contribution in [0, 0.1) is 5.92 Å². The van der Waals surface area contributed by atoms with Crippen molar-refractivity contribution in [2.75, 3.05) is 6.54 Å². The first kappa shape index (κ1) is 14.1. The van der Waals surface area contributed by atoms with Crippen molar-refractivity contribution >= 4 is 5.91 Å². The van der Waals surface area contributed by atoms with Crippen molar-refractivity contribution in [1.29, 1.82) is 0 Å². The molecule has 1 aromatic rings. The highest BCUT2D eigenvalue weighted by atomic mass is 16.2. The lowest BCUT2D eigenvalue weighted by atomic mass is 9.89. The van der Waals surface area contributed by atoms with Gasteiger partial charge in [0.05, 0.1) is 6.04 Å². The molecule has 0 unspecified atom stereocenters. The van der Waals surface area contributed by atoms with Gasteiger partial charge < -0.3 is 11.1 Å². The van der Waals surface area contributed by atoms with Crippen LogP contribution in [0.1, 0.15) is 37.7 Å². The Morgan fingerprint density at radius 3 is 2.58 bits per heavy atom. The SMILES string of the molecule is N[C@H](Cc1ccccc1)C(=O)NCC1CCCCC1. The van der Waals surface area contributed by atoms with Crippen LogP contribution in [0.15, 0.2) is 30.3 Å². The van der Waals surface area contributed by atoms with Gasteiger partial charge in [0.1, 0.15) is 0 Å². The molecule has 1 aromatic carbocycles. The van der Waals surface area contributed by atoms with E-state index in [4.69, 9.17) is 5.73 Å². The van der Waals surface area contributed by atoms with Crippen molar-refractivity contribution in [3.8, 4) is 0 Å². The number of carbonyl (C=O) groups excluding carboxylic acids is 1. The average molecular weight is 260 g/mol. The van der Waals surface area contributed by atoms with E-state index in [0.29, 0.717) is 12.3 Å². The number of carbonyl (C=O) groups is 1. The third kappa shape index (κ3) is 4.67. The summed E-state index contributed by atoms with van der Waals surface area (Å²) in [6.07, 6.45) is 7.05. The number of amides is 1. The third-order valence-electron chi connectivity index (χ3n) is 3.92. The molecule has 0 aromatic heterocycles. The van der Waals surface area contributed by atoms with Gasteiger partial charge >= 0.3 is 0 Å². The van der Waals surface area contributed by atoms with E-state index >= 15 is 0 Å². The van der Waals surface area contributed by atoms with Gasteiger partial charge in [-0.1, -0.05) is 49.6 Å². The van der Waals surface area contributed by atoms with Crippen LogP contribution in [0.2, 0.25) is 0 Å². The highest BCUT2D eigenvalue weighted by Crippen LogP contribution is 2.22. The number of hydrogen-bond donors (Lipinski definition) is 2. The lowest BCUT2D eigenvalue weighted by molar-refractivity contribution is -0.122. The van der Waals surface area contributed by atoms with Crippen molar-refractivity contribution in [2.24, 2.45) is 11.7 Å². The van der Waals surface area contributed by atoms with Gasteiger partial charge in [0, 0.05) is 6.54 Å². The van der Waals surface area contributed by atoms with Crippen molar-refractivity contribution < 1.29 is 4.79 Å². The zero-order chi connectivity index (χ0) is 13.5. The molecule has 19 heavy (non-hydrogen) atoms. The van der Waals surface area contributed by atoms with E-state index in [1.54, 1.807) is 0 Å². The van der Waals surface area contributed by atoms with Gasteiger partial charge in [-0.15, -0.1) is 0 Å². The van der Waals surface area contributed by atoms with E-state index in [2.05, 4.69) is 5.32 Å². The normalized spacial score (nSPS) is 17.9. The molecule has 3 heteroatoms. The van der Waals surface area contributed by atoms with Crippen LogP contribution in [-0.4, -0.2) is 18.5 Å². The minimum absolute atomic E-state index is 0.0190. The Hall–Kier alpha value is -1.35. The predicted molar refractivity (Wildman–Crippen MR) is 77.7 cm³/mol. The molecule has 104 valence electrons. The summed E-state index contributed by atoms with van der Waals surface area (Å²) in [5.74, 6) is 0.635. The Kier molecular flexibility index (Phi) is 5.40. The van der Waals surface area contributed by atoms with Gasteiger partial charge in [0.25, 0.3) is 0 Å². The van der Waals surface area contributed by atoms with Gasteiger partial charge in [0.2, 0.25) is 5.91 Å². The van der Waals surface area contributed by atoms with E-state index in [1.165, 1.54) is 32.1 Å². The summed E-state index contributed by atoms with van der Waals surface area (Å²) < 4.78 is 0. The highest BCUT2D eigenvalue weighted by Gasteiger charge is 2.17. The number of benzene rings is 1. The van der Waals surface area contributed by atoms with Crippen LogP contribution in [0.5, 0.6) is 0 Å². The Bertz CT molecular complexity index is 385. The molecule has 2 rings (SSSR count). The van der Waals surface area contributed by atoms with Crippen LogP contribution in [0.25, 0.3) is 0 Å². The highest BCUT2D eigenvalue weighted by molar-refractivity contribution is 5.81. The Morgan fingerprint density at radius 1 is 1.21 bits per heavy atom. The number of rotatable bonds is 5. The summed E-state index contributed by atoms with van der Waals surface area (Å²) in [6, 6.07) is 9.50. The lowest BCUT2D eigenvalue weighted by Gasteiger charge is -2.22. The maximum Gasteiger partial charge on any atom is 0.237 e. The minimum Gasteiger partial charge on any atom is -0.354 e. The maximum atomic E-state index is 12.0. The van der Waals surface area contributed by atoms with Crippen LogP contribution >= 0.6 is 0 Å². The standard InChI is InChI=1S/C16H24N2O/c17-15(11-13-7-3-1-4-8-13)16(19)18-12-14-9-5-2-6-10-14/h1,3-4,7-8,14-15H,2,5-6,9-12,17H2,(H,18,19)/t15-/m1/s1. The van der Waals surface area contributed by atoms with Gasteiger partial charge in [-0.3, -0.25) is 4.79 Å². The minimum atomic E-state index is -0.439. The molecule has 3 N–H and O–H groups in total. The van der Waals surface area contributed by atoms with Crippen molar-refractivity contribution in [1.82, 2.24) is 5.32 Å². The van der Waals surface area contributed by atoms with E-state index in [-0.39, 0.29) is 5.91 Å². The summed E-state index contributed by atoms with van der Waals surface area (Å²) in [7, 11) is 0. The molecule has 0 radical (unpaired) electrons. The first-order valence-corrected chi connectivity index (χ1v) is 7.33. The Balaban J connectivity index is 1.73. The molecule has 3 nitrogen and oxygen atoms in total. The molecule has 1 fully saturated rings.